The molecular weight excluding hydrogens is 230 g/mol. The fraction of sp³-hybridized carbons (Fsp3) is 0.214. The fourth-order valence-electron chi connectivity index (χ4n) is 1.50. The van der Waals surface area contributed by atoms with Crippen LogP contribution in [-0.4, -0.2) is 17.2 Å². The molecular formula is C14H15NO3. The Bertz CT molecular complexity index is 509. The molecule has 0 spiro atoms. The molecule has 94 valence electrons. The maximum Gasteiger partial charge on any atom is 0.219 e. The van der Waals surface area contributed by atoms with Crippen molar-refractivity contribution in [2.75, 3.05) is 7.11 Å². The summed E-state index contributed by atoms with van der Waals surface area (Å²) in [5.74, 6) is 1.90. The maximum atomic E-state index is 9.48. The lowest BCUT2D eigenvalue weighted by atomic mass is 10.2. The number of nitrogens with zero attached hydrogens (tertiary/aromatic N) is 1. The van der Waals surface area contributed by atoms with E-state index in [0.29, 0.717) is 11.6 Å². The zero-order valence-electron chi connectivity index (χ0n) is 10.3. The molecule has 1 unspecified atom stereocenters. The van der Waals surface area contributed by atoms with Gasteiger partial charge in [-0.25, -0.2) is 4.98 Å². The van der Waals surface area contributed by atoms with Gasteiger partial charge in [0, 0.05) is 12.3 Å². The Morgan fingerprint density at radius 3 is 2.39 bits per heavy atom. The molecule has 18 heavy (non-hydrogen) atoms. The van der Waals surface area contributed by atoms with Crippen molar-refractivity contribution in [1.29, 1.82) is 0 Å². The smallest absolute Gasteiger partial charge is 0.219 e. The van der Waals surface area contributed by atoms with Crippen LogP contribution in [0, 0.1) is 0 Å². The van der Waals surface area contributed by atoms with E-state index in [0.717, 1.165) is 11.3 Å². The summed E-state index contributed by atoms with van der Waals surface area (Å²) in [5, 5.41) is 9.48. The average molecular weight is 245 g/mol. The minimum atomic E-state index is -0.536. The van der Waals surface area contributed by atoms with E-state index >= 15 is 0 Å². The van der Waals surface area contributed by atoms with Gasteiger partial charge in [-0.05, 0) is 42.8 Å². The highest BCUT2D eigenvalue weighted by atomic mass is 16.5. The molecule has 2 rings (SSSR count). The van der Waals surface area contributed by atoms with E-state index in [1.807, 2.05) is 12.1 Å². The van der Waals surface area contributed by atoms with Crippen molar-refractivity contribution in [2.45, 2.75) is 13.0 Å². The summed E-state index contributed by atoms with van der Waals surface area (Å²) in [6.07, 6.45) is 1.08. The van der Waals surface area contributed by atoms with Gasteiger partial charge in [0.1, 0.15) is 11.5 Å². The van der Waals surface area contributed by atoms with E-state index in [1.165, 1.54) is 0 Å². The van der Waals surface area contributed by atoms with Gasteiger partial charge in [-0.15, -0.1) is 0 Å². The van der Waals surface area contributed by atoms with E-state index < -0.39 is 6.10 Å². The number of aromatic nitrogens is 1. The zero-order valence-corrected chi connectivity index (χ0v) is 10.3. The Hall–Kier alpha value is -2.07. The Balaban J connectivity index is 2.15. The van der Waals surface area contributed by atoms with Crippen LogP contribution in [0.5, 0.6) is 17.4 Å². The summed E-state index contributed by atoms with van der Waals surface area (Å²) in [4.78, 5) is 4.10. The van der Waals surface area contributed by atoms with E-state index in [-0.39, 0.29) is 0 Å². The van der Waals surface area contributed by atoms with Gasteiger partial charge in [0.2, 0.25) is 5.88 Å². The summed E-state index contributed by atoms with van der Waals surface area (Å²) >= 11 is 0. The molecule has 0 aliphatic heterocycles. The number of pyridine rings is 1. The molecule has 1 N–H and O–H groups in total. The molecule has 0 amide bonds. The highest BCUT2D eigenvalue weighted by Crippen LogP contribution is 2.24. The van der Waals surface area contributed by atoms with Crippen LogP contribution in [-0.2, 0) is 0 Å². The molecule has 1 heterocycles. The summed E-state index contributed by atoms with van der Waals surface area (Å²) in [6.45, 7) is 1.70. The lowest BCUT2D eigenvalue weighted by Gasteiger charge is -2.08. The van der Waals surface area contributed by atoms with E-state index in [4.69, 9.17) is 9.47 Å². The molecule has 4 heteroatoms. The summed E-state index contributed by atoms with van der Waals surface area (Å²) in [6, 6.07) is 10.7. The van der Waals surface area contributed by atoms with Crippen molar-refractivity contribution in [3.8, 4) is 17.4 Å². The second-order valence-corrected chi connectivity index (χ2v) is 3.88. The average Bonchev–Trinajstić information content (AvgIpc) is 2.40. The van der Waals surface area contributed by atoms with Crippen LogP contribution < -0.4 is 9.47 Å². The van der Waals surface area contributed by atoms with Gasteiger partial charge in [-0.3, -0.25) is 0 Å². The van der Waals surface area contributed by atoms with Crippen LogP contribution >= 0.6 is 0 Å². The van der Waals surface area contributed by atoms with Gasteiger partial charge in [0.05, 0.1) is 13.2 Å². The van der Waals surface area contributed by atoms with Crippen molar-refractivity contribution in [2.24, 2.45) is 0 Å². The normalized spacial score (nSPS) is 11.9. The van der Waals surface area contributed by atoms with E-state index in [1.54, 1.807) is 44.5 Å². The van der Waals surface area contributed by atoms with Gasteiger partial charge in [0.15, 0.2) is 0 Å². The predicted octanol–water partition coefficient (Wildman–Crippen LogP) is 2.94. The zero-order chi connectivity index (χ0) is 13.0. The second kappa shape index (κ2) is 5.51. The highest BCUT2D eigenvalue weighted by molar-refractivity contribution is 5.34. The van der Waals surface area contributed by atoms with Crippen LogP contribution in [0.15, 0.2) is 42.6 Å². The highest BCUT2D eigenvalue weighted by Gasteiger charge is 2.04. The predicted molar refractivity (Wildman–Crippen MR) is 67.9 cm³/mol. The fourth-order valence-corrected chi connectivity index (χ4v) is 1.50. The van der Waals surface area contributed by atoms with Crippen LogP contribution in [0.1, 0.15) is 18.6 Å². The molecule has 1 atom stereocenters. The number of rotatable bonds is 4. The first-order valence-electron chi connectivity index (χ1n) is 5.65. The quantitative estimate of drug-likeness (QED) is 0.899. The van der Waals surface area contributed by atoms with E-state index in [2.05, 4.69) is 4.98 Å². The van der Waals surface area contributed by atoms with Crippen molar-refractivity contribution in [1.82, 2.24) is 4.98 Å². The number of ether oxygens (including phenoxy) is 2. The van der Waals surface area contributed by atoms with Crippen molar-refractivity contribution < 1.29 is 14.6 Å². The third-order valence-electron chi connectivity index (χ3n) is 2.52. The van der Waals surface area contributed by atoms with Crippen LogP contribution in [0.3, 0.4) is 0 Å². The molecule has 4 nitrogen and oxygen atoms in total. The second-order valence-electron chi connectivity index (χ2n) is 3.88. The van der Waals surface area contributed by atoms with Gasteiger partial charge >= 0.3 is 0 Å². The molecule has 0 bridgehead atoms. The van der Waals surface area contributed by atoms with E-state index in [9.17, 15) is 5.11 Å². The first-order chi connectivity index (χ1) is 8.69. The molecule has 1 aromatic heterocycles. The maximum absolute atomic E-state index is 9.48. The molecule has 2 aromatic rings. The summed E-state index contributed by atoms with van der Waals surface area (Å²) < 4.78 is 10.7. The molecule has 0 aliphatic rings. The third-order valence-corrected chi connectivity index (χ3v) is 2.52. The Kier molecular flexibility index (Phi) is 3.79. The minimum Gasteiger partial charge on any atom is -0.497 e. The van der Waals surface area contributed by atoms with Crippen LogP contribution in [0.25, 0.3) is 0 Å². The largest absolute Gasteiger partial charge is 0.497 e. The van der Waals surface area contributed by atoms with Gasteiger partial charge in [-0.2, -0.15) is 0 Å². The SMILES string of the molecule is COc1ccc(Oc2cc(C(C)O)ccn2)cc1. The molecule has 0 radical (unpaired) electrons. The summed E-state index contributed by atoms with van der Waals surface area (Å²) in [7, 11) is 1.61. The van der Waals surface area contributed by atoms with Gasteiger partial charge < -0.3 is 14.6 Å². The first kappa shape index (κ1) is 12.4. The van der Waals surface area contributed by atoms with Gasteiger partial charge in [0.25, 0.3) is 0 Å². The Labute approximate surface area is 106 Å². The molecule has 0 saturated heterocycles. The lowest BCUT2D eigenvalue weighted by Crippen LogP contribution is -1.94. The van der Waals surface area contributed by atoms with Crippen molar-refractivity contribution >= 4 is 0 Å². The molecule has 0 saturated carbocycles. The molecule has 0 fully saturated rings. The molecule has 0 aliphatic carbocycles. The summed E-state index contributed by atoms with van der Waals surface area (Å²) in [5.41, 5.74) is 0.772. The monoisotopic (exact) mass is 245 g/mol. The number of hydrogen-bond donors (Lipinski definition) is 1. The number of benzene rings is 1. The minimum absolute atomic E-state index is 0.457. The number of methoxy groups -OCH3 is 1. The van der Waals surface area contributed by atoms with Crippen LogP contribution in [0.2, 0.25) is 0 Å². The van der Waals surface area contributed by atoms with Crippen molar-refractivity contribution in [3.63, 3.8) is 0 Å². The number of aliphatic hydroxyl groups is 1. The lowest BCUT2D eigenvalue weighted by molar-refractivity contribution is 0.198. The molecule has 1 aromatic carbocycles. The number of hydrogen-bond acceptors (Lipinski definition) is 4. The third kappa shape index (κ3) is 2.99. The Morgan fingerprint density at radius 1 is 1.11 bits per heavy atom. The topological polar surface area (TPSA) is 51.6 Å². The van der Waals surface area contributed by atoms with Crippen molar-refractivity contribution in [3.05, 3.63) is 48.2 Å². The number of aliphatic hydroxyl groups excluding tert-OH is 1. The first-order valence-corrected chi connectivity index (χ1v) is 5.65. The Morgan fingerprint density at radius 2 is 1.78 bits per heavy atom. The van der Waals surface area contributed by atoms with Crippen LogP contribution in [0.4, 0.5) is 0 Å². The standard InChI is InChI=1S/C14H15NO3/c1-10(16)11-7-8-15-14(9-11)18-13-5-3-12(17-2)4-6-13/h3-10,16H,1-2H3. The van der Waals surface area contributed by atoms with Gasteiger partial charge in [-0.1, -0.05) is 0 Å².